The minimum atomic E-state index is -0.216. The summed E-state index contributed by atoms with van der Waals surface area (Å²) in [7, 11) is 1.60. The molecule has 2 heterocycles. The number of benzene rings is 2. The SMILES string of the molecule is COc1cc2ccnc(Nc3ccc(F)c(C(C)C)c3)c2cc1NC(=O)CCCN1CCCCC1. The summed E-state index contributed by atoms with van der Waals surface area (Å²) in [6.07, 6.45) is 6.83. The molecule has 6 nitrogen and oxygen atoms in total. The molecule has 7 heteroatoms. The zero-order chi connectivity index (χ0) is 24.8. The van der Waals surface area contributed by atoms with E-state index in [1.807, 2.05) is 38.1 Å². The number of amides is 1. The summed E-state index contributed by atoms with van der Waals surface area (Å²) >= 11 is 0. The predicted octanol–water partition coefficient (Wildman–Crippen LogP) is 6.45. The van der Waals surface area contributed by atoms with Gasteiger partial charge in [-0.1, -0.05) is 20.3 Å². The van der Waals surface area contributed by atoms with Crippen molar-refractivity contribution in [2.75, 3.05) is 37.4 Å². The number of hydrogen-bond acceptors (Lipinski definition) is 5. The zero-order valence-corrected chi connectivity index (χ0v) is 20.9. The lowest BCUT2D eigenvalue weighted by Crippen LogP contribution is -2.31. The summed E-state index contributed by atoms with van der Waals surface area (Å²) in [5.41, 5.74) is 2.02. The number of nitrogens with zero attached hydrogens (tertiary/aromatic N) is 2. The van der Waals surface area contributed by atoms with E-state index in [0.29, 0.717) is 29.2 Å². The van der Waals surface area contributed by atoms with E-state index in [9.17, 15) is 9.18 Å². The fourth-order valence-corrected chi connectivity index (χ4v) is 4.63. The molecule has 0 bridgehead atoms. The average molecular weight is 479 g/mol. The van der Waals surface area contributed by atoms with Crippen LogP contribution in [0.25, 0.3) is 10.8 Å². The molecule has 1 amide bonds. The van der Waals surface area contributed by atoms with Crippen LogP contribution in [0, 0.1) is 5.82 Å². The number of piperidine rings is 1. The third-order valence-electron chi connectivity index (χ3n) is 6.57. The summed E-state index contributed by atoms with van der Waals surface area (Å²) in [6, 6.07) is 10.7. The van der Waals surface area contributed by atoms with Crippen molar-refractivity contribution in [3.8, 4) is 5.75 Å². The summed E-state index contributed by atoms with van der Waals surface area (Å²) in [5, 5.41) is 8.11. The molecule has 0 spiro atoms. The number of ether oxygens (including phenoxy) is 1. The Morgan fingerprint density at radius 2 is 1.94 bits per heavy atom. The first-order valence-electron chi connectivity index (χ1n) is 12.5. The van der Waals surface area contributed by atoms with E-state index in [1.165, 1.54) is 25.3 Å². The van der Waals surface area contributed by atoms with Crippen LogP contribution in [0.15, 0.2) is 42.6 Å². The molecular formula is C28H35FN4O2. The van der Waals surface area contributed by atoms with E-state index in [4.69, 9.17) is 4.74 Å². The largest absolute Gasteiger partial charge is 0.495 e. The van der Waals surface area contributed by atoms with Crippen LogP contribution in [0.1, 0.15) is 57.4 Å². The number of pyridine rings is 1. The van der Waals surface area contributed by atoms with E-state index in [0.717, 1.165) is 42.5 Å². The number of halogens is 1. The molecule has 0 unspecified atom stereocenters. The van der Waals surface area contributed by atoms with Crippen molar-refractivity contribution in [1.29, 1.82) is 0 Å². The van der Waals surface area contributed by atoms with Crippen LogP contribution in [0.3, 0.4) is 0 Å². The van der Waals surface area contributed by atoms with E-state index in [2.05, 4.69) is 20.5 Å². The van der Waals surface area contributed by atoms with Crippen molar-refractivity contribution in [1.82, 2.24) is 9.88 Å². The highest BCUT2D eigenvalue weighted by molar-refractivity contribution is 6.01. The minimum absolute atomic E-state index is 0.0295. The van der Waals surface area contributed by atoms with Gasteiger partial charge in [-0.3, -0.25) is 4.79 Å². The Kier molecular flexibility index (Phi) is 8.18. The summed E-state index contributed by atoms with van der Waals surface area (Å²) in [6.45, 7) is 7.15. The van der Waals surface area contributed by atoms with Gasteiger partial charge in [-0.15, -0.1) is 0 Å². The van der Waals surface area contributed by atoms with Gasteiger partial charge in [-0.25, -0.2) is 9.37 Å². The summed E-state index contributed by atoms with van der Waals surface area (Å²) < 4.78 is 19.7. The summed E-state index contributed by atoms with van der Waals surface area (Å²) in [5.74, 6) is 1.05. The van der Waals surface area contributed by atoms with Crippen molar-refractivity contribution in [2.45, 2.75) is 51.9 Å². The van der Waals surface area contributed by atoms with Crippen molar-refractivity contribution in [3.63, 3.8) is 0 Å². The van der Waals surface area contributed by atoms with E-state index < -0.39 is 0 Å². The van der Waals surface area contributed by atoms with Crippen LogP contribution >= 0.6 is 0 Å². The molecule has 2 aromatic carbocycles. The Hall–Kier alpha value is -3.19. The van der Waals surface area contributed by atoms with Crippen molar-refractivity contribution in [2.24, 2.45) is 0 Å². The third kappa shape index (κ3) is 6.28. The number of methoxy groups -OCH3 is 1. The van der Waals surface area contributed by atoms with Gasteiger partial charge in [0.25, 0.3) is 0 Å². The number of anilines is 3. The monoisotopic (exact) mass is 478 g/mol. The first-order valence-corrected chi connectivity index (χ1v) is 12.5. The second-order valence-electron chi connectivity index (χ2n) is 9.50. The quantitative estimate of drug-likeness (QED) is 0.370. The van der Waals surface area contributed by atoms with Gasteiger partial charge in [-0.05, 0) is 92.2 Å². The number of fused-ring (bicyclic) bond motifs is 1. The molecule has 0 saturated carbocycles. The van der Waals surface area contributed by atoms with Crippen LogP contribution in [0.4, 0.5) is 21.6 Å². The van der Waals surface area contributed by atoms with Crippen LogP contribution < -0.4 is 15.4 Å². The standard InChI is InChI=1S/C28H35FN4O2/c1-19(2)22-17-21(9-10-24(22)29)31-28-23-18-25(26(35-3)16-20(23)11-12-30-28)32-27(34)8-7-15-33-13-5-4-6-14-33/h9-12,16-19H,4-8,13-15H2,1-3H3,(H,30,31)(H,32,34). The molecule has 1 fully saturated rings. The molecule has 2 N–H and O–H groups in total. The number of carbonyl (C=O) groups is 1. The number of aromatic nitrogens is 1. The molecular weight excluding hydrogens is 443 g/mol. The van der Waals surface area contributed by atoms with Crippen molar-refractivity contribution >= 4 is 33.9 Å². The molecule has 186 valence electrons. The highest BCUT2D eigenvalue weighted by Crippen LogP contribution is 2.34. The van der Waals surface area contributed by atoms with Crippen LogP contribution in [-0.4, -0.2) is 42.5 Å². The molecule has 0 radical (unpaired) electrons. The molecule has 1 aliphatic heterocycles. The number of rotatable bonds is 9. The molecule has 1 saturated heterocycles. The topological polar surface area (TPSA) is 66.5 Å². The zero-order valence-electron chi connectivity index (χ0n) is 20.9. The molecule has 35 heavy (non-hydrogen) atoms. The maximum absolute atomic E-state index is 14.2. The Labute approximate surface area is 206 Å². The molecule has 3 aromatic rings. The smallest absolute Gasteiger partial charge is 0.224 e. The fraction of sp³-hybridized carbons (Fsp3) is 0.429. The molecule has 0 atom stereocenters. The third-order valence-corrected chi connectivity index (χ3v) is 6.57. The molecule has 4 rings (SSSR count). The van der Waals surface area contributed by atoms with Gasteiger partial charge in [0.15, 0.2) is 0 Å². The number of likely N-dealkylation sites (tertiary alicyclic amines) is 1. The van der Waals surface area contributed by atoms with Gasteiger partial charge in [0, 0.05) is 23.7 Å². The van der Waals surface area contributed by atoms with E-state index in [1.54, 1.807) is 19.4 Å². The van der Waals surface area contributed by atoms with Gasteiger partial charge < -0.3 is 20.3 Å². The Morgan fingerprint density at radius 1 is 1.14 bits per heavy atom. The highest BCUT2D eigenvalue weighted by atomic mass is 19.1. The molecule has 1 aromatic heterocycles. The maximum Gasteiger partial charge on any atom is 0.224 e. The lowest BCUT2D eigenvalue weighted by atomic mass is 10.0. The van der Waals surface area contributed by atoms with E-state index in [-0.39, 0.29) is 17.6 Å². The van der Waals surface area contributed by atoms with Crippen LogP contribution in [0.5, 0.6) is 5.75 Å². The number of nitrogens with one attached hydrogen (secondary N) is 2. The number of hydrogen-bond donors (Lipinski definition) is 2. The normalized spacial score (nSPS) is 14.3. The van der Waals surface area contributed by atoms with Gasteiger partial charge >= 0.3 is 0 Å². The van der Waals surface area contributed by atoms with Crippen LogP contribution in [-0.2, 0) is 4.79 Å². The van der Waals surface area contributed by atoms with Gasteiger partial charge in [-0.2, -0.15) is 0 Å². The molecule has 1 aliphatic rings. The lowest BCUT2D eigenvalue weighted by Gasteiger charge is -2.26. The van der Waals surface area contributed by atoms with Gasteiger partial charge in [0.1, 0.15) is 17.4 Å². The Balaban J connectivity index is 1.52. The van der Waals surface area contributed by atoms with E-state index >= 15 is 0 Å². The number of carbonyl (C=O) groups excluding carboxylic acids is 1. The van der Waals surface area contributed by atoms with Gasteiger partial charge in [0.2, 0.25) is 5.91 Å². The fourth-order valence-electron chi connectivity index (χ4n) is 4.63. The Morgan fingerprint density at radius 3 is 2.69 bits per heavy atom. The van der Waals surface area contributed by atoms with Crippen molar-refractivity contribution in [3.05, 3.63) is 54.0 Å². The first-order chi connectivity index (χ1) is 16.9. The second-order valence-corrected chi connectivity index (χ2v) is 9.50. The minimum Gasteiger partial charge on any atom is -0.495 e. The average Bonchev–Trinajstić information content (AvgIpc) is 2.85. The summed E-state index contributed by atoms with van der Waals surface area (Å²) in [4.78, 5) is 19.7. The predicted molar refractivity (Wildman–Crippen MR) is 140 cm³/mol. The maximum atomic E-state index is 14.2. The Bertz CT molecular complexity index is 1180. The molecule has 0 aliphatic carbocycles. The first kappa shape index (κ1) is 24.9. The lowest BCUT2D eigenvalue weighted by molar-refractivity contribution is -0.116. The van der Waals surface area contributed by atoms with Gasteiger partial charge in [0.05, 0.1) is 12.8 Å². The highest BCUT2D eigenvalue weighted by Gasteiger charge is 2.15. The van der Waals surface area contributed by atoms with Crippen LogP contribution in [0.2, 0.25) is 0 Å². The second kappa shape index (κ2) is 11.5. The van der Waals surface area contributed by atoms with Crippen molar-refractivity contribution < 1.29 is 13.9 Å².